The van der Waals surface area contributed by atoms with E-state index in [-0.39, 0.29) is 6.04 Å². The highest BCUT2D eigenvalue weighted by atomic mass is 32.2. The molecule has 0 aliphatic heterocycles. The Morgan fingerprint density at radius 1 is 1.30 bits per heavy atom. The van der Waals surface area contributed by atoms with Crippen LogP contribution in [0.3, 0.4) is 0 Å². The number of nitrogens with zero attached hydrogens (tertiary/aromatic N) is 2. The van der Waals surface area contributed by atoms with Crippen molar-refractivity contribution in [2.45, 2.75) is 30.5 Å². The first-order valence-corrected chi connectivity index (χ1v) is 8.70. The average Bonchev–Trinajstić information content (AvgIpc) is 2.96. The van der Waals surface area contributed by atoms with E-state index in [0.29, 0.717) is 4.21 Å². The molecule has 6 heteroatoms. The van der Waals surface area contributed by atoms with Crippen molar-refractivity contribution in [2.75, 3.05) is 7.05 Å². The van der Waals surface area contributed by atoms with Crippen molar-refractivity contribution in [1.29, 1.82) is 0 Å². The second-order valence-corrected chi connectivity index (χ2v) is 7.92. The summed E-state index contributed by atoms with van der Waals surface area (Å²) in [6.45, 7) is 3.86. The molecule has 20 heavy (non-hydrogen) atoms. The van der Waals surface area contributed by atoms with Crippen molar-refractivity contribution >= 4 is 21.4 Å². The summed E-state index contributed by atoms with van der Waals surface area (Å²) >= 11 is 1.33. The van der Waals surface area contributed by atoms with Crippen molar-refractivity contribution in [3.8, 4) is 0 Å². The second-order valence-electron chi connectivity index (χ2n) is 4.53. The number of thiophene rings is 1. The molecule has 0 N–H and O–H groups in total. The maximum atomic E-state index is 12.6. The standard InChI is InChI=1S/C14H18N2O2S2/c1-4-12-8-9-14(19-12)20(17,18)16(3)11(2)13-7-5-6-10-15-13/h5-11H,4H2,1-3H3. The fourth-order valence-corrected chi connectivity index (χ4v) is 4.66. The fourth-order valence-electron chi connectivity index (χ4n) is 1.85. The molecule has 0 saturated carbocycles. The third kappa shape index (κ3) is 2.92. The molecule has 1 unspecified atom stereocenters. The van der Waals surface area contributed by atoms with Gasteiger partial charge >= 0.3 is 0 Å². The summed E-state index contributed by atoms with van der Waals surface area (Å²) in [6, 6.07) is 8.77. The molecular weight excluding hydrogens is 292 g/mol. The first-order chi connectivity index (χ1) is 9.46. The van der Waals surface area contributed by atoms with Gasteiger partial charge in [0.2, 0.25) is 0 Å². The van der Waals surface area contributed by atoms with Crippen LogP contribution in [-0.4, -0.2) is 24.8 Å². The average molecular weight is 310 g/mol. The van der Waals surface area contributed by atoms with Gasteiger partial charge in [-0.15, -0.1) is 11.3 Å². The number of rotatable bonds is 5. The predicted molar refractivity (Wildman–Crippen MR) is 81.3 cm³/mol. The molecule has 0 bridgehead atoms. The molecule has 0 radical (unpaired) electrons. The number of hydrogen-bond donors (Lipinski definition) is 0. The van der Waals surface area contributed by atoms with Crippen LogP contribution in [0.15, 0.2) is 40.7 Å². The van der Waals surface area contributed by atoms with Crippen LogP contribution >= 0.6 is 11.3 Å². The fraction of sp³-hybridized carbons (Fsp3) is 0.357. The Hall–Kier alpha value is -1.24. The van der Waals surface area contributed by atoms with E-state index in [1.165, 1.54) is 15.6 Å². The van der Waals surface area contributed by atoms with Crippen molar-refractivity contribution in [2.24, 2.45) is 0 Å². The normalized spacial score (nSPS) is 13.6. The first kappa shape index (κ1) is 15.2. The Labute approximate surface area is 124 Å². The lowest BCUT2D eigenvalue weighted by Crippen LogP contribution is -2.29. The topological polar surface area (TPSA) is 50.3 Å². The SMILES string of the molecule is CCc1ccc(S(=O)(=O)N(C)C(C)c2ccccn2)s1. The molecule has 0 fully saturated rings. The minimum atomic E-state index is -3.46. The molecule has 0 aromatic carbocycles. The van der Waals surface area contributed by atoms with Crippen LogP contribution in [0.4, 0.5) is 0 Å². The summed E-state index contributed by atoms with van der Waals surface area (Å²) in [5.74, 6) is 0. The van der Waals surface area contributed by atoms with E-state index in [4.69, 9.17) is 0 Å². The van der Waals surface area contributed by atoms with Crippen LogP contribution in [0.25, 0.3) is 0 Å². The number of aryl methyl sites for hydroxylation is 1. The van der Waals surface area contributed by atoms with E-state index in [1.807, 2.05) is 38.1 Å². The van der Waals surface area contributed by atoms with Gasteiger partial charge in [-0.2, -0.15) is 4.31 Å². The van der Waals surface area contributed by atoms with Gasteiger partial charge in [-0.1, -0.05) is 13.0 Å². The summed E-state index contributed by atoms with van der Waals surface area (Å²) in [7, 11) is -1.87. The zero-order valence-corrected chi connectivity index (χ0v) is 13.4. The van der Waals surface area contributed by atoms with Gasteiger partial charge in [-0.25, -0.2) is 8.42 Å². The van der Waals surface area contributed by atoms with Crippen LogP contribution in [0.5, 0.6) is 0 Å². The van der Waals surface area contributed by atoms with Gasteiger partial charge < -0.3 is 0 Å². The lowest BCUT2D eigenvalue weighted by atomic mass is 10.2. The van der Waals surface area contributed by atoms with Gasteiger partial charge in [0.05, 0.1) is 11.7 Å². The highest BCUT2D eigenvalue weighted by molar-refractivity contribution is 7.91. The van der Waals surface area contributed by atoms with Gasteiger partial charge in [0.25, 0.3) is 10.0 Å². The van der Waals surface area contributed by atoms with Crippen LogP contribution < -0.4 is 0 Å². The lowest BCUT2D eigenvalue weighted by molar-refractivity contribution is 0.393. The number of hydrogen-bond acceptors (Lipinski definition) is 4. The van der Waals surface area contributed by atoms with E-state index in [0.717, 1.165) is 17.0 Å². The monoisotopic (exact) mass is 310 g/mol. The molecule has 0 spiro atoms. The number of aromatic nitrogens is 1. The minimum absolute atomic E-state index is 0.298. The Morgan fingerprint density at radius 2 is 2.05 bits per heavy atom. The quantitative estimate of drug-likeness (QED) is 0.852. The van der Waals surface area contributed by atoms with Gasteiger partial charge in [0, 0.05) is 18.1 Å². The van der Waals surface area contributed by atoms with E-state index in [1.54, 1.807) is 19.3 Å². The summed E-state index contributed by atoms with van der Waals surface area (Å²) in [5.41, 5.74) is 0.742. The lowest BCUT2D eigenvalue weighted by Gasteiger charge is -2.23. The van der Waals surface area contributed by atoms with E-state index in [2.05, 4.69) is 4.98 Å². The van der Waals surface area contributed by atoms with Gasteiger partial charge in [0.1, 0.15) is 4.21 Å². The molecule has 2 rings (SSSR count). The Balaban J connectivity index is 2.29. The molecule has 108 valence electrons. The largest absolute Gasteiger partial charge is 0.260 e. The van der Waals surface area contributed by atoms with Gasteiger partial charge in [-0.3, -0.25) is 4.98 Å². The predicted octanol–water partition coefficient (Wildman–Crippen LogP) is 3.09. The molecule has 4 nitrogen and oxygen atoms in total. The third-order valence-electron chi connectivity index (χ3n) is 3.28. The van der Waals surface area contributed by atoms with Gasteiger partial charge in [0.15, 0.2) is 0 Å². The van der Waals surface area contributed by atoms with Crippen LogP contribution in [0.2, 0.25) is 0 Å². The van der Waals surface area contributed by atoms with Gasteiger partial charge in [-0.05, 0) is 37.6 Å². The molecule has 0 aliphatic carbocycles. The van der Waals surface area contributed by atoms with E-state index < -0.39 is 10.0 Å². The Kier molecular flexibility index (Phi) is 4.57. The molecule has 2 aromatic heterocycles. The van der Waals surface area contributed by atoms with Crippen LogP contribution in [0.1, 0.15) is 30.5 Å². The molecule has 2 heterocycles. The minimum Gasteiger partial charge on any atom is -0.260 e. The van der Waals surface area contributed by atoms with E-state index >= 15 is 0 Å². The van der Waals surface area contributed by atoms with Crippen molar-refractivity contribution in [1.82, 2.24) is 9.29 Å². The Morgan fingerprint density at radius 3 is 2.60 bits per heavy atom. The first-order valence-electron chi connectivity index (χ1n) is 6.44. The summed E-state index contributed by atoms with van der Waals surface area (Å²) in [6.07, 6.45) is 2.52. The highest BCUT2D eigenvalue weighted by Gasteiger charge is 2.28. The summed E-state index contributed by atoms with van der Waals surface area (Å²) in [5, 5.41) is 0. The summed E-state index contributed by atoms with van der Waals surface area (Å²) < 4.78 is 26.9. The second kappa shape index (κ2) is 6.03. The molecule has 0 amide bonds. The molecule has 1 atom stereocenters. The zero-order chi connectivity index (χ0) is 14.8. The maximum absolute atomic E-state index is 12.6. The van der Waals surface area contributed by atoms with Crippen molar-refractivity contribution < 1.29 is 8.42 Å². The summed E-state index contributed by atoms with van der Waals surface area (Å²) in [4.78, 5) is 5.30. The molecule has 0 aliphatic rings. The van der Waals surface area contributed by atoms with E-state index in [9.17, 15) is 8.42 Å². The van der Waals surface area contributed by atoms with Crippen LogP contribution in [-0.2, 0) is 16.4 Å². The smallest absolute Gasteiger partial charge is 0.252 e. The third-order valence-corrected chi connectivity index (χ3v) is 6.91. The van der Waals surface area contributed by atoms with Crippen molar-refractivity contribution in [3.05, 3.63) is 47.1 Å². The Bertz CT molecular complexity index is 665. The number of pyridine rings is 1. The maximum Gasteiger partial charge on any atom is 0.252 e. The van der Waals surface area contributed by atoms with Crippen molar-refractivity contribution in [3.63, 3.8) is 0 Å². The molecular formula is C14H18N2O2S2. The van der Waals surface area contributed by atoms with Crippen LogP contribution in [0, 0.1) is 0 Å². The highest BCUT2D eigenvalue weighted by Crippen LogP contribution is 2.29. The number of sulfonamides is 1. The zero-order valence-electron chi connectivity index (χ0n) is 11.8. The molecule has 2 aromatic rings. The molecule has 0 saturated heterocycles.